The van der Waals surface area contributed by atoms with Gasteiger partial charge in [-0.05, 0) is 26.0 Å². The molecular formula is C12H13NO3S. The van der Waals surface area contributed by atoms with E-state index in [4.69, 9.17) is 4.52 Å². The lowest BCUT2D eigenvalue weighted by Crippen LogP contribution is -2.04. The van der Waals surface area contributed by atoms with Crippen molar-refractivity contribution in [2.24, 2.45) is 0 Å². The maximum Gasteiger partial charge on any atom is 0.185 e. The third kappa shape index (κ3) is 2.74. The van der Waals surface area contributed by atoms with Crippen molar-refractivity contribution in [2.75, 3.05) is 0 Å². The summed E-state index contributed by atoms with van der Waals surface area (Å²) in [5, 5.41) is 3.67. The molecule has 0 radical (unpaired) electrons. The Morgan fingerprint density at radius 1 is 1.18 bits per heavy atom. The quantitative estimate of drug-likeness (QED) is 0.839. The molecule has 17 heavy (non-hydrogen) atoms. The Morgan fingerprint density at radius 3 is 2.35 bits per heavy atom. The second kappa shape index (κ2) is 4.33. The first-order valence-electron chi connectivity index (χ1n) is 5.19. The fraction of sp³-hybridized carbons (Fsp3) is 0.250. The Morgan fingerprint density at radius 2 is 1.82 bits per heavy atom. The molecule has 0 bridgehead atoms. The summed E-state index contributed by atoms with van der Waals surface area (Å²) in [6.45, 7) is 3.67. The van der Waals surface area contributed by atoms with E-state index in [-0.39, 0.29) is 5.75 Å². The smallest absolute Gasteiger partial charge is 0.185 e. The molecule has 1 heterocycles. The molecule has 0 N–H and O–H groups in total. The first-order valence-corrected chi connectivity index (χ1v) is 6.84. The van der Waals surface area contributed by atoms with Gasteiger partial charge in [0, 0.05) is 6.07 Å². The Labute approximate surface area is 100 Å². The monoisotopic (exact) mass is 251 g/mol. The molecule has 90 valence electrons. The first-order chi connectivity index (χ1) is 7.97. The van der Waals surface area contributed by atoms with Crippen LogP contribution in [0.5, 0.6) is 0 Å². The Balaban J connectivity index is 2.28. The number of aryl methyl sites for hydroxylation is 2. The predicted octanol–water partition coefficient (Wildman–Crippen LogP) is 2.27. The van der Waals surface area contributed by atoms with E-state index in [1.54, 1.807) is 37.3 Å². The van der Waals surface area contributed by atoms with Gasteiger partial charge in [-0.3, -0.25) is 0 Å². The van der Waals surface area contributed by atoms with Crippen molar-refractivity contribution in [3.63, 3.8) is 0 Å². The van der Waals surface area contributed by atoms with Crippen LogP contribution in [-0.4, -0.2) is 13.6 Å². The van der Waals surface area contributed by atoms with Crippen LogP contribution < -0.4 is 0 Å². The minimum Gasteiger partial charge on any atom is -0.360 e. The highest BCUT2D eigenvalue weighted by atomic mass is 32.2. The molecule has 0 atom stereocenters. The molecule has 5 heteroatoms. The van der Waals surface area contributed by atoms with Crippen molar-refractivity contribution in [1.82, 2.24) is 5.16 Å². The molecule has 0 saturated heterocycles. The van der Waals surface area contributed by atoms with Crippen LogP contribution >= 0.6 is 0 Å². The molecule has 0 aliphatic heterocycles. The molecule has 1 aromatic carbocycles. The summed E-state index contributed by atoms with van der Waals surface area (Å²) in [5.41, 5.74) is 1.71. The third-order valence-corrected chi connectivity index (χ3v) is 4.04. The maximum absolute atomic E-state index is 12.0. The molecule has 0 unspecified atom stereocenters. The van der Waals surface area contributed by atoms with Gasteiger partial charge in [-0.15, -0.1) is 0 Å². The van der Waals surface area contributed by atoms with E-state index in [0.717, 1.165) is 5.56 Å². The van der Waals surface area contributed by atoms with Crippen molar-refractivity contribution in [3.8, 4) is 0 Å². The molecule has 0 fully saturated rings. The normalized spacial score (nSPS) is 11.6. The summed E-state index contributed by atoms with van der Waals surface area (Å²) < 4.78 is 29.0. The molecular weight excluding hydrogens is 238 g/mol. The van der Waals surface area contributed by atoms with Crippen LogP contribution in [0.2, 0.25) is 0 Å². The summed E-state index contributed by atoms with van der Waals surface area (Å²) in [4.78, 5) is 0.303. The molecule has 4 nitrogen and oxygen atoms in total. The van der Waals surface area contributed by atoms with Gasteiger partial charge in [-0.25, -0.2) is 8.42 Å². The molecule has 0 spiro atoms. The van der Waals surface area contributed by atoms with Crippen molar-refractivity contribution >= 4 is 9.84 Å². The second-order valence-corrected chi connectivity index (χ2v) is 6.00. The van der Waals surface area contributed by atoms with E-state index in [0.29, 0.717) is 16.3 Å². The minimum absolute atomic E-state index is 0.156. The van der Waals surface area contributed by atoms with Gasteiger partial charge in [-0.2, -0.15) is 0 Å². The van der Waals surface area contributed by atoms with Crippen molar-refractivity contribution < 1.29 is 12.9 Å². The fourth-order valence-corrected chi connectivity index (χ4v) is 2.73. The summed E-state index contributed by atoms with van der Waals surface area (Å²) in [6, 6.07) is 8.39. The third-order valence-electron chi connectivity index (χ3n) is 2.39. The number of nitrogens with zero attached hydrogens (tertiary/aromatic N) is 1. The summed E-state index contributed by atoms with van der Waals surface area (Å²) in [7, 11) is -3.35. The number of hydrogen-bond donors (Lipinski definition) is 0. The van der Waals surface area contributed by atoms with Crippen molar-refractivity contribution in [2.45, 2.75) is 24.5 Å². The number of hydrogen-bond acceptors (Lipinski definition) is 4. The minimum atomic E-state index is -3.35. The van der Waals surface area contributed by atoms with E-state index < -0.39 is 9.84 Å². The maximum atomic E-state index is 12.0. The highest BCUT2D eigenvalue weighted by Crippen LogP contribution is 2.17. The van der Waals surface area contributed by atoms with Gasteiger partial charge in [0.2, 0.25) is 0 Å². The Kier molecular flexibility index (Phi) is 3.02. The average Bonchev–Trinajstić information content (AvgIpc) is 2.63. The van der Waals surface area contributed by atoms with Crippen LogP contribution in [0.4, 0.5) is 0 Å². The lowest BCUT2D eigenvalue weighted by Gasteiger charge is -2.02. The van der Waals surface area contributed by atoms with Crippen LogP contribution in [0, 0.1) is 13.8 Å². The largest absolute Gasteiger partial charge is 0.360 e. The second-order valence-electron chi connectivity index (χ2n) is 4.01. The van der Waals surface area contributed by atoms with Crippen molar-refractivity contribution in [3.05, 3.63) is 47.3 Å². The Hall–Kier alpha value is -1.62. The lowest BCUT2D eigenvalue weighted by molar-refractivity contribution is 0.388. The zero-order valence-electron chi connectivity index (χ0n) is 9.67. The predicted molar refractivity (Wildman–Crippen MR) is 63.3 cm³/mol. The van der Waals surface area contributed by atoms with Crippen LogP contribution in [-0.2, 0) is 15.6 Å². The molecule has 1 aromatic heterocycles. The van der Waals surface area contributed by atoms with Gasteiger partial charge in [0.1, 0.15) is 5.75 Å². The van der Waals surface area contributed by atoms with Gasteiger partial charge in [0.15, 0.2) is 15.6 Å². The SMILES string of the molecule is Cc1ccc(S(=O)(=O)Cc2cc(C)no2)cc1. The number of benzene rings is 1. The first kappa shape index (κ1) is 11.9. The zero-order chi connectivity index (χ0) is 12.5. The van der Waals surface area contributed by atoms with Gasteiger partial charge < -0.3 is 4.52 Å². The Bertz CT molecular complexity index is 611. The van der Waals surface area contributed by atoms with Crippen LogP contribution in [0.15, 0.2) is 39.8 Å². The highest BCUT2D eigenvalue weighted by Gasteiger charge is 2.17. The topological polar surface area (TPSA) is 60.2 Å². The van der Waals surface area contributed by atoms with E-state index in [9.17, 15) is 8.42 Å². The molecule has 2 aromatic rings. The summed E-state index contributed by atoms with van der Waals surface area (Å²) in [6.07, 6.45) is 0. The van der Waals surface area contributed by atoms with E-state index in [1.165, 1.54) is 0 Å². The lowest BCUT2D eigenvalue weighted by atomic mass is 10.2. The number of aromatic nitrogens is 1. The van der Waals surface area contributed by atoms with E-state index in [2.05, 4.69) is 5.16 Å². The van der Waals surface area contributed by atoms with E-state index in [1.807, 2.05) is 6.92 Å². The molecule has 0 saturated carbocycles. The van der Waals surface area contributed by atoms with Crippen LogP contribution in [0.25, 0.3) is 0 Å². The molecule has 0 amide bonds. The standard InChI is InChI=1S/C12H13NO3S/c1-9-3-5-12(6-4-9)17(14,15)8-11-7-10(2)13-16-11/h3-7H,8H2,1-2H3. The summed E-state index contributed by atoms with van der Waals surface area (Å²) >= 11 is 0. The highest BCUT2D eigenvalue weighted by molar-refractivity contribution is 7.90. The molecule has 0 aliphatic carbocycles. The van der Waals surface area contributed by atoms with Gasteiger partial charge in [0.25, 0.3) is 0 Å². The van der Waals surface area contributed by atoms with Crippen molar-refractivity contribution in [1.29, 1.82) is 0 Å². The number of sulfone groups is 1. The van der Waals surface area contributed by atoms with Gasteiger partial charge >= 0.3 is 0 Å². The van der Waals surface area contributed by atoms with E-state index >= 15 is 0 Å². The number of rotatable bonds is 3. The van der Waals surface area contributed by atoms with Crippen LogP contribution in [0.1, 0.15) is 17.0 Å². The molecule has 0 aliphatic rings. The zero-order valence-corrected chi connectivity index (χ0v) is 10.5. The average molecular weight is 251 g/mol. The van der Waals surface area contributed by atoms with Crippen LogP contribution in [0.3, 0.4) is 0 Å². The van der Waals surface area contributed by atoms with Gasteiger partial charge in [-0.1, -0.05) is 22.9 Å². The van der Waals surface area contributed by atoms with Gasteiger partial charge in [0.05, 0.1) is 10.6 Å². The fourth-order valence-electron chi connectivity index (χ4n) is 1.50. The summed E-state index contributed by atoms with van der Waals surface area (Å²) in [5.74, 6) is 0.208. The molecule has 2 rings (SSSR count).